The van der Waals surface area contributed by atoms with E-state index in [-0.39, 0.29) is 17.4 Å². The summed E-state index contributed by atoms with van der Waals surface area (Å²) in [4.78, 5) is 27.3. The van der Waals surface area contributed by atoms with Crippen LogP contribution in [0.15, 0.2) is 47.4 Å². The molecule has 4 nitrogen and oxygen atoms in total. The maximum absolute atomic E-state index is 13.3. The number of rotatable bonds is 5. The normalized spacial score (nSPS) is 28.4. The van der Waals surface area contributed by atoms with Crippen LogP contribution in [-0.2, 0) is 0 Å². The van der Waals surface area contributed by atoms with E-state index in [1.54, 1.807) is 36.0 Å². The highest BCUT2D eigenvalue weighted by molar-refractivity contribution is 7.98. The predicted molar refractivity (Wildman–Crippen MR) is 126 cm³/mol. The van der Waals surface area contributed by atoms with Gasteiger partial charge in [-0.15, -0.1) is 11.8 Å². The van der Waals surface area contributed by atoms with E-state index in [2.05, 4.69) is 10.6 Å². The van der Waals surface area contributed by atoms with Crippen LogP contribution in [0.4, 0.5) is 5.69 Å². The minimum absolute atomic E-state index is 0.0705. The van der Waals surface area contributed by atoms with Gasteiger partial charge in [0.1, 0.15) is 0 Å². The average molecular weight is 455 g/mol. The van der Waals surface area contributed by atoms with Gasteiger partial charge in [-0.2, -0.15) is 0 Å². The Kier molecular flexibility index (Phi) is 5.51. The lowest BCUT2D eigenvalue weighted by Crippen LogP contribution is -2.59. The highest BCUT2D eigenvalue weighted by Crippen LogP contribution is 2.55. The molecule has 4 fully saturated rings. The van der Waals surface area contributed by atoms with E-state index < -0.39 is 0 Å². The molecule has 0 heterocycles. The van der Waals surface area contributed by atoms with Gasteiger partial charge in [0.25, 0.3) is 11.8 Å². The molecule has 0 radical (unpaired) electrons. The molecule has 0 aromatic heterocycles. The summed E-state index contributed by atoms with van der Waals surface area (Å²) in [6.07, 6.45) is 9.23. The predicted octanol–water partition coefficient (Wildman–Crippen LogP) is 6.01. The van der Waals surface area contributed by atoms with Crippen LogP contribution in [0.2, 0.25) is 5.02 Å². The van der Waals surface area contributed by atoms with Gasteiger partial charge < -0.3 is 10.6 Å². The number of amides is 2. The van der Waals surface area contributed by atoms with Crippen molar-refractivity contribution in [2.75, 3.05) is 11.6 Å². The summed E-state index contributed by atoms with van der Waals surface area (Å²) in [5, 5.41) is 6.71. The van der Waals surface area contributed by atoms with Crippen LogP contribution in [0.25, 0.3) is 0 Å². The van der Waals surface area contributed by atoms with Gasteiger partial charge in [-0.3, -0.25) is 9.59 Å². The van der Waals surface area contributed by atoms with Crippen molar-refractivity contribution in [1.29, 1.82) is 0 Å². The summed E-state index contributed by atoms with van der Waals surface area (Å²) in [7, 11) is 0. The zero-order valence-corrected chi connectivity index (χ0v) is 19.2. The van der Waals surface area contributed by atoms with Crippen molar-refractivity contribution >= 4 is 40.9 Å². The number of halogens is 1. The van der Waals surface area contributed by atoms with Crippen LogP contribution in [-0.4, -0.2) is 23.6 Å². The summed E-state index contributed by atoms with van der Waals surface area (Å²) < 4.78 is 0. The van der Waals surface area contributed by atoms with Crippen LogP contribution in [0.1, 0.15) is 59.2 Å². The van der Waals surface area contributed by atoms with E-state index in [0.29, 0.717) is 21.8 Å². The van der Waals surface area contributed by atoms with E-state index >= 15 is 0 Å². The monoisotopic (exact) mass is 454 g/mol. The summed E-state index contributed by atoms with van der Waals surface area (Å²) in [5.41, 5.74) is 1.35. The van der Waals surface area contributed by atoms with Crippen LogP contribution in [0.5, 0.6) is 0 Å². The van der Waals surface area contributed by atoms with Crippen molar-refractivity contribution in [2.45, 2.75) is 49.0 Å². The number of hydrogen-bond acceptors (Lipinski definition) is 3. The number of hydrogen-bond donors (Lipinski definition) is 2. The van der Waals surface area contributed by atoms with Crippen molar-refractivity contribution < 1.29 is 9.59 Å². The minimum atomic E-state index is -0.309. The van der Waals surface area contributed by atoms with Crippen molar-refractivity contribution in [3.8, 4) is 0 Å². The van der Waals surface area contributed by atoms with E-state index in [0.717, 1.165) is 41.9 Å². The van der Waals surface area contributed by atoms with E-state index in [1.165, 1.54) is 19.3 Å². The van der Waals surface area contributed by atoms with Gasteiger partial charge in [0, 0.05) is 10.4 Å². The minimum Gasteiger partial charge on any atom is -0.347 e. The summed E-state index contributed by atoms with van der Waals surface area (Å²) in [6.45, 7) is 0. The molecule has 162 valence electrons. The molecule has 4 saturated carbocycles. The van der Waals surface area contributed by atoms with Gasteiger partial charge in [0.05, 0.1) is 21.8 Å². The first-order valence-corrected chi connectivity index (χ1v) is 12.6. The Morgan fingerprint density at radius 3 is 2.23 bits per heavy atom. The lowest BCUT2D eigenvalue weighted by molar-refractivity contribution is -0.0166. The topological polar surface area (TPSA) is 58.2 Å². The fourth-order valence-electron chi connectivity index (χ4n) is 6.36. The molecule has 0 saturated heterocycles. The Bertz CT molecular complexity index is 1000. The van der Waals surface area contributed by atoms with Crippen LogP contribution < -0.4 is 10.6 Å². The van der Waals surface area contributed by atoms with Crippen molar-refractivity contribution in [2.24, 2.45) is 17.8 Å². The molecular formula is C25H27ClN2O2S. The molecule has 31 heavy (non-hydrogen) atoms. The first-order chi connectivity index (χ1) is 14.9. The van der Waals surface area contributed by atoms with Crippen LogP contribution >= 0.6 is 23.4 Å². The lowest BCUT2D eigenvalue weighted by Gasteiger charge is -2.56. The second-order valence-electron chi connectivity index (χ2n) is 9.50. The van der Waals surface area contributed by atoms with Crippen molar-refractivity contribution in [1.82, 2.24) is 5.32 Å². The maximum Gasteiger partial charge on any atom is 0.257 e. The first-order valence-electron chi connectivity index (χ1n) is 11.0. The van der Waals surface area contributed by atoms with Gasteiger partial charge in [-0.1, -0.05) is 23.7 Å². The third-order valence-corrected chi connectivity index (χ3v) is 8.31. The number of anilines is 1. The molecule has 0 aliphatic heterocycles. The number of carbonyl (C=O) groups excluding carboxylic acids is 2. The number of nitrogens with one attached hydrogen (secondary N) is 2. The highest BCUT2D eigenvalue weighted by Gasteiger charge is 2.51. The Morgan fingerprint density at radius 1 is 0.935 bits per heavy atom. The van der Waals surface area contributed by atoms with Gasteiger partial charge in [0.2, 0.25) is 0 Å². The smallest absolute Gasteiger partial charge is 0.257 e. The lowest BCUT2D eigenvalue weighted by atomic mass is 9.53. The molecule has 4 aliphatic rings. The fraction of sp³-hybridized carbons (Fsp3) is 0.440. The first kappa shape index (κ1) is 20.9. The molecule has 4 bridgehead atoms. The second kappa shape index (κ2) is 8.18. The molecule has 4 aliphatic carbocycles. The van der Waals surface area contributed by atoms with Gasteiger partial charge in [-0.05, 0) is 92.9 Å². The van der Waals surface area contributed by atoms with Gasteiger partial charge in [0.15, 0.2) is 0 Å². The Hall–Kier alpha value is -1.98. The average Bonchev–Trinajstić information content (AvgIpc) is 2.73. The molecule has 2 amide bonds. The molecule has 6 heteroatoms. The summed E-state index contributed by atoms with van der Waals surface area (Å²) >= 11 is 7.82. The zero-order valence-electron chi connectivity index (χ0n) is 17.6. The van der Waals surface area contributed by atoms with Crippen molar-refractivity contribution in [3.05, 3.63) is 58.6 Å². The molecule has 2 aromatic carbocycles. The SMILES string of the molecule is CSc1ccc(Cl)c(C(=O)Nc2ccccc2C(=O)NC23CC4CC(CC(C4)C2)C3)c1. The molecule has 2 aromatic rings. The third-order valence-electron chi connectivity index (χ3n) is 7.25. The molecule has 0 unspecified atom stereocenters. The van der Waals surface area contributed by atoms with E-state index in [4.69, 9.17) is 11.6 Å². The highest BCUT2D eigenvalue weighted by atomic mass is 35.5. The summed E-state index contributed by atoms with van der Waals surface area (Å²) in [6, 6.07) is 12.6. The Labute approximate surface area is 192 Å². The molecule has 2 N–H and O–H groups in total. The quantitative estimate of drug-likeness (QED) is 0.543. The Balaban J connectivity index is 1.36. The third kappa shape index (κ3) is 4.10. The number of benzene rings is 2. The Morgan fingerprint density at radius 2 is 1.58 bits per heavy atom. The van der Waals surface area contributed by atoms with Crippen molar-refractivity contribution in [3.63, 3.8) is 0 Å². The zero-order chi connectivity index (χ0) is 21.6. The number of carbonyl (C=O) groups is 2. The largest absolute Gasteiger partial charge is 0.347 e. The summed E-state index contributed by atoms with van der Waals surface area (Å²) in [5.74, 6) is 1.87. The molecule has 0 atom stereocenters. The molecular weight excluding hydrogens is 428 g/mol. The number of thioether (sulfide) groups is 1. The van der Waals surface area contributed by atoms with Crippen LogP contribution in [0, 0.1) is 17.8 Å². The number of para-hydroxylation sites is 1. The standard InChI is InChI=1S/C25H27ClN2O2S/c1-31-18-6-7-21(26)20(11-18)23(29)27-22-5-3-2-4-19(22)24(30)28-25-12-15-8-16(13-25)10-17(9-15)14-25/h2-7,11,15-17H,8-10,12-14H2,1H3,(H,27,29)(H,28,30). The molecule has 6 rings (SSSR count). The molecule has 0 spiro atoms. The van der Waals surface area contributed by atoms with Gasteiger partial charge in [-0.25, -0.2) is 0 Å². The van der Waals surface area contributed by atoms with Gasteiger partial charge >= 0.3 is 0 Å². The second-order valence-corrected chi connectivity index (χ2v) is 10.8. The van der Waals surface area contributed by atoms with Crippen LogP contribution in [0.3, 0.4) is 0 Å². The van der Waals surface area contributed by atoms with E-state index in [1.807, 2.05) is 24.5 Å². The van der Waals surface area contributed by atoms with E-state index in [9.17, 15) is 9.59 Å². The fourth-order valence-corrected chi connectivity index (χ4v) is 7.00. The maximum atomic E-state index is 13.3.